The number of benzene rings is 1. The Hall–Kier alpha value is -3.03. The van der Waals surface area contributed by atoms with Crippen LogP contribution in [0, 0.1) is 27.4 Å². The molecule has 2 N–H and O–H groups in total. The zero-order valence-corrected chi connectivity index (χ0v) is 18.1. The molecule has 3 rings (SSSR count). The molecule has 0 saturated heterocycles. The highest BCUT2D eigenvalue weighted by molar-refractivity contribution is 7.80. The van der Waals surface area contributed by atoms with Crippen LogP contribution < -0.4 is 15.4 Å². The molecule has 0 saturated carbocycles. The first-order chi connectivity index (χ1) is 14.3. The summed E-state index contributed by atoms with van der Waals surface area (Å²) in [6.07, 6.45) is 2.81. The average molecular weight is 445 g/mol. The first-order valence-corrected chi connectivity index (χ1v) is 10.6. The van der Waals surface area contributed by atoms with Gasteiger partial charge in [-0.25, -0.2) is 0 Å². The van der Waals surface area contributed by atoms with Crippen LogP contribution in [0.5, 0.6) is 5.75 Å². The molecule has 10 heteroatoms. The Labute approximate surface area is 183 Å². The van der Waals surface area contributed by atoms with Crippen LogP contribution in [-0.4, -0.2) is 22.5 Å². The zero-order valence-electron chi connectivity index (χ0n) is 16.5. The van der Waals surface area contributed by atoms with Gasteiger partial charge < -0.3 is 10.1 Å². The number of hydrogen-bond donors (Lipinski definition) is 2. The molecule has 8 nitrogen and oxygen atoms in total. The molecule has 0 spiro atoms. The minimum atomic E-state index is -0.602. The summed E-state index contributed by atoms with van der Waals surface area (Å²) >= 11 is 6.71. The zero-order chi connectivity index (χ0) is 21.8. The van der Waals surface area contributed by atoms with Crippen molar-refractivity contribution in [1.29, 1.82) is 5.26 Å². The highest BCUT2D eigenvalue weighted by Crippen LogP contribution is 2.39. The number of anilines is 1. The van der Waals surface area contributed by atoms with E-state index in [-0.39, 0.29) is 28.7 Å². The summed E-state index contributed by atoms with van der Waals surface area (Å²) in [6, 6.07) is 6.20. The standard InChI is InChI=1S/C20H20N4O4S2/c1-3-28-16-7-5-12(9-15(16)24(26)27)18(25)22-20(29)23-19-14(10-21)13-6-4-11(2)8-17(13)30-19/h5,7,9,11H,3-4,6,8H2,1-2H3,(H2,22,23,25,29)/t11-/m0/s1. The first kappa shape index (κ1) is 21.7. The number of carbonyl (C=O) groups is 1. The number of amides is 1. The summed E-state index contributed by atoms with van der Waals surface area (Å²) in [5, 5.41) is 26.9. The van der Waals surface area contributed by atoms with Crippen LogP contribution >= 0.6 is 23.6 Å². The van der Waals surface area contributed by atoms with Gasteiger partial charge in [0.15, 0.2) is 10.9 Å². The third-order valence-corrected chi connectivity index (χ3v) is 6.17. The van der Waals surface area contributed by atoms with Gasteiger partial charge in [0.25, 0.3) is 5.91 Å². The van der Waals surface area contributed by atoms with Gasteiger partial charge in [-0.1, -0.05) is 6.92 Å². The molecule has 30 heavy (non-hydrogen) atoms. The molecule has 0 bridgehead atoms. The summed E-state index contributed by atoms with van der Waals surface area (Å²) < 4.78 is 5.23. The van der Waals surface area contributed by atoms with Crippen LogP contribution in [0.15, 0.2) is 18.2 Å². The molecule has 0 fully saturated rings. The summed E-state index contributed by atoms with van der Waals surface area (Å²) in [4.78, 5) is 24.3. The largest absolute Gasteiger partial charge is 0.487 e. The molecule has 0 unspecified atom stereocenters. The summed E-state index contributed by atoms with van der Waals surface area (Å²) in [5.74, 6) is 0.0709. The van der Waals surface area contributed by atoms with E-state index in [0.29, 0.717) is 16.5 Å². The Bertz CT molecular complexity index is 1060. The SMILES string of the molecule is CCOc1ccc(C(=O)NC(=S)Nc2sc3c(c2C#N)CC[C@H](C)C3)cc1[N+](=O)[O-]. The third-order valence-electron chi connectivity index (χ3n) is 4.80. The number of nitrogens with one attached hydrogen (secondary N) is 2. The van der Waals surface area contributed by atoms with E-state index in [0.717, 1.165) is 30.9 Å². The van der Waals surface area contributed by atoms with Crippen molar-refractivity contribution >= 4 is 45.3 Å². The van der Waals surface area contributed by atoms with E-state index in [4.69, 9.17) is 17.0 Å². The van der Waals surface area contributed by atoms with E-state index in [1.165, 1.54) is 28.3 Å². The van der Waals surface area contributed by atoms with Crippen LogP contribution in [0.25, 0.3) is 0 Å². The van der Waals surface area contributed by atoms with Gasteiger partial charge in [-0.2, -0.15) is 5.26 Å². The summed E-state index contributed by atoms with van der Waals surface area (Å²) in [6.45, 7) is 4.17. The van der Waals surface area contributed by atoms with Crippen molar-refractivity contribution in [3.63, 3.8) is 0 Å². The maximum Gasteiger partial charge on any atom is 0.311 e. The number of thiophene rings is 1. The molecule has 1 amide bonds. The maximum atomic E-state index is 12.5. The molecule has 2 aromatic rings. The molecule has 0 aliphatic heterocycles. The molecule has 156 valence electrons. The van der Waals surface area contributed by atoms with E-state index < -0.39 is 10.8 Å². The second kappa shape index (κ2) is 9.19. The molecular formula is C20H20N4O4S2. The van der Waals surface area contributed by atoms with E-state index in [9.17, 15) is 20.2 Å². The molecule has 1 atom stereocenters. The number of nitriles is 1. The third kappa shape index (κ3) is 4.58. The molecule has 1 aliphatic carbocycles. The fraction of sp³-hybridized carbons (Fsp3) is 0.350. The van der Waals surface area contributed by atoms with Gasteiger partial charge in [0.2, 0.25) is 0 Å². The van der Waals surface area contributed by atoms with E-state index in [1.807, 2.05) is 0 Å². The van der Waals surface area contributed by atoms with E-state index in [2.05, 4.69) is 23.6 Å². The molecule has 1 aliphatic rings. The lowest BCUT2D eigenvalue weighted by molar-refractivity contribution is -0.385. The van der Waals surface area contributed by atoms with Crippen LogP contribution in [0.3, 0.4) is 0 Å². The second-order valence-corrected chi connectivity index (χ2v) is 8.46. The van der Waals surface area contributed by atoms with Crippen molar-refractivity contribution in [2.75, 3.05) is 11.9 Å². The van der Waals surface area contributed by atoms with Gasteiger partial charge in [-0.15, -0.1) is 11.3 Å². The fourth-order valence-electron chi connectivity index (χ4n) is 3.35. The number of rotatable bonds is 5. The summed E-state index contributed by atoms with van der Waals surface area (Å²) in [5.41, 5.74) is 1.40. The van der Waals surface area contributed by atoms with Crippen molar-refractivity contribution in [3.8, 4) is 11.8 Å². The fourth-order valence-corrected chi connectivity index (χ4v) is 4.97. The van der Waals surface area contributed by atoms with Crippen LogP contribution in [0.1, 0.15) is 46.6 Å². The van der Waals surface area contributed by atoms with Gasteiger partial charge in [0.05, 0.1) is 17.1 Å². The lowest BCUT2D eigenvalue weighted by Crippen LogP contribution is -2.34. The predicted molar refractivity (Wildman–Crippen MR) is 118 cm³/mol. The molecule has 1 aromatic heterocycles. The van der Waals surface area contributed by atoms with Crippen molar-refractivity contribution in [2.24, 2.45) is 5.92 Å². The minimum absolute atomic E-state index is 0.0275. The maximum absolute atomic E-state index is 12.5. The van der Waals surface area contributed by atoms with Crippen LogP contribution in [-0.2, 0) is 12.8 Å². The monoisotopic (exact) mass is 444 g/mol. The average Bonchev–Trinajstić information content (AvgIpc) is 3.03. The van der Waals surface area contributed by atoms with Gasteiger partial charge in [-0.3, -0.25) is 20.2 Å². The molecular weight excluding hydrogens is 424 g/mol. The number of nitrogens with zero attached hydrogens (tertiary/aromatic N) is 2. The number of carbonyl (C=O) groups excluding carboxylic acids is 1. The highest BCUT2D eigenvalue weighted by atomic mass is 32.1. The summed E-state index contributed by atoms with van der Waals surface area (Å²) in [7, 11) is 0. The molecule has 1 aromatic carbocycles. The van der Waals surface area contributed by atoms with Gasteiger partial charge in [0, 0.05) is 16.5 Å². The Morgan fingerprint density at radius 3 is 2.93 bits per heavy atom. The number of nitro groups is 1. The highest BCUT2D eigenvalue weighted by Gasteiger charge is 2.25. The van der Waals surface area contributed by atoms with Gasteiger partial charge >= 0.3 is 5.69 Å². The topological polar surface area (TPSA) is 117 Å². The van der Waals surface area contributed by atoms with Crippen molar-refractivity contribution < 1.29 is 14.5 Å². The lowest BCUT2D eigenvalue weighted by atomic mass is 9.89. The Balaban J connectivity index is 1.74. The number of thiocarbonyl (C=S) groups is 1. The van der Waals surface area contributed by atoms with Gasteiger partial charge in [0.1, 0.15) is 11.1 Å². The Kier molecular flexibility index (Phi) is 6.64. The Morgan fingerprint density at radius 2 is 2.27 bits per heavy atom. The van der Waals surface area contributed by atoms with Gasteiger partial charge in [-0.05, 0) is 62.0 Å². The van der Waals surface area contributed by atoms with Crippen molar-refractivity contribution in [1.82, 2.24) is 5.32 Å². The smallest absolute Gasteiger partial charge is 0.311 e. The number of fused-ring (bicyclic) bond motifs is 1. The lowest BCUT2D eigenvalue weighted by Gasteiger charge is -2.17. The van der Waals surface area contributed by atoms with E-state index in [1.54, 1.807) is 6.92 Å². The van der Waals surface area contributed by atoms with Crippen LogP contribution in [0.4, 0.5) is 10.7 Å². The van der Waals surface area contributed by atoms with Crippen molar-refractivity contribution in [3.05, 3.63) is 49.9 Å². The van der Waals surface area contributed by atoms with Crippen molar-refractivity contribution in [2.45, 2.75) is 33.1 Å². The quantitative estimate of drug-likeness (QED) is 0.403. The Morgan fingerprint density at radius 1 is 1.50 bits per heavy atom. The number of hydrogen-bond acceptors (Lipinski definition) is 7. The molecule has 0 radical (unpaired) electrons. The van der Waals surface area contributed by atoms with E-state index >= 15 is 0 Å². The first-order valence-electron chi connectivity index (χ1n) is 9.42. The predicted octanol–water partition coefficient (Wildman–Crippen LogP) is 4.18. The minimum Gasteiger partial charge on any atom is -0.487 e. The number of ether oxygens (including phenoxy) is 1. The van der Waals surface area contributed by atoms with Crippen LogP contribution in [0.2, 0.25) is 0 Å². The normalized spacial score (nSPS) is 14.9. The number of nitro benzene ring substituents is 1. The molecule has 1 heterocycles. The second-order valence-electron chi connectivity index (χ2n) is 6.95.